The molecule has 2 aromatic rings. The van der Waals surface area contributed by atoms with Gasteiger partial charge in [-0.3, -0.25) is 14.4 Å². The molecule has 0 radical (unpaired) electrons. The van der Waals surface area contributed by atoms with Gasteiger partial charge in [0.05, 0.1) is 7.11 Å². The number of methoxy groups -OCH3 is 1. The van der Waals surface area contributed by atoms with Crippen molar-refractivity contribution in [2.45, 2.75) is 24.5 Å². The molecule has 32 heavy (non-hydrogen) atoms. The first-order chi connectivity index (χ1) is 15.5. The van der Waals surface area contributed by atoms with E-state index in [0.717, 1.165) is 31.1 Å². The molecular formula is C23H24N4O4S. The van der Waals surface area contributed by atoms with Gasteiger partial charge in [0, 0.05) is 42.5 Å². The lowest BCUT2D eigenvalue weighted by Gasteiger charge is -2.16. The number of aliphatic imine (C=N–C) groups is 1. The highest BCUT2D eigenvalue weighted by atomic mass is 32.2. The molecule has 1 atom stereocenters. The van der Waals surface area contributed by atoms with Crippen LogP contribution < -0.4 is 15.4 Å². The molecule has 0 aromatic heterocycles. The van der Waals surface area contributed by atoms with Gasteiger partial charge in [-0.15, -0.1) is 0 Å². The zero-order chi connectivity index (χ0) is 22.5. The summed E-state index contributed by atoms with van der Waals surface area (Å²) >= 11 is 1.37. The van der Waals surface area contributed by atoms with Crippen molar-refractivity contribution >= 4 is 46.0 Å². The largest absolute Gasteiger partial charge is 0.497 e. The van der Waals surface area contributed by atoms with E-state index in [1.54, 1.807) is 55.6 Å². The molecule has 2 aromatic carbocycles. The SMILES string of the molecule is COc1cccc(NC(=O)c2ccc(NC(=O)C[C@@H]3SC(N4CCCC4)=NC3=O)cc2)c1. The number of anilines is 2. The lowest BCUT2D eigenvalue weighted by Crippen LogP contribution is -2.25. The van der Waals surface area contributed by atoms with Gasteiger partial charge >= 0.3 is 0 Å². The van der Waals surface area contributed by atoms with Crippen molar-refractivity contribution in [1.29, 1.82) is 0 Å². The average Bonchev–Trinajstić information content (AvgIpc) is 3.45. The fourth-order valence-corrected chi connectivity index (χ4v) is 4.66. The van der Waals surface area contributed by atoms with Gasteiger partial charge in [0.1, 0.15) is 11.0 Å². The molecule has 0 saturated carbocycles. The topological polar surface area (TPSA) is 100 Å². The first kappa shape index (κ1) is 21.9. The Morgan fingerprint density at radius 3 is 2.56 bits per heavy atom. The minimum atomic E-state index is -0.487. The van der Waals surface area contributed by atoms with Gasteiger partial charge in [0.2, 0.25) is 5.91 Å². The van der Waals surface area contributed by atoms with Crippen molar-refractivity contribution in [3.63, 3.8) is 0 Å². The second kappa shape index (κ2) is 9.86. The number of carbonyl (C=O) groups excluding carboxylic acids is 3. The normalized spacial score (nSPS) is 17.8. The maximum atomic E-state index is 12.5. The number of likely N-dealkylation sites (tertiary alicyclic amines) is 1. The van der Waals surface area contributed by atoms with E-state index in [2.05, 4.69) is 20.5 Å². The molecule has 2 N–H and O–H groups in total. The lowest BCUT2D eigenvalue weighted by molar-refractivity contribution is -0.121. The van der Waals surface area contributed by atoms with Gasteiger partial charge in [-0.05, 0) is 49.2 Å². The van der Waals surface area contributed by atoms with Crippen LogP contribution >= 0.6 is 11.8 Å². The summed E-state index contributed by atoms with van der Waals surface area (Å²) in [7, 11) is 1.56. The Morgan fingerprint density at radius 1 is 1.09 bits per heavy atom. The number of nitrogens with zero attached hydrogens (tertiary/aromatic N) is 2. The Balaban J connectivity index is 1.29. The van der Waals surface area contributed by atoms with Crippen molar-refractivity contribution in [3.05, 3.63) is 54.1 Å². The Morgan fingerprint density at radius 2 is 1.84 bits per heavy atom. The zero-order valence-electron chi connectivity index (χ0n) is 17.7. The molecule has 1 fully saturated rings. The molecule has 1 saturated heterocycles. The van der Waals surface area contributed by atoms with E-state index in [9.17, 15) is 14.4 Å². The molecule has 9 heteroatoms. The molecule has 2 heterocycles. The average molecular weight is 453 g/mol. The van der Waals surface area contributed by atoms with Gasteiger partial charge in [-0.1, -0.05) is 17.8 Å². The predicted molar refractivity (Wildman–Crippen MR) is 125 cm³/mol. The van der Waals surface area contributed by atoms with Crippen LogP contribution in [0.4, 0.5) is 11.4 Å². The number of thioether (sulfide) groups is 1. The van der Waals surface area contributed by atoms with E-state index in [-0.39, 0.29) is 24.1 Å². The number of hydrogen-bond donors (Lipinski definition) is 2. The van der Waals surface area contributed by atoms with Crippen molar-refractivity contribution in [3.8, 4) is 5.75 Å². The number of amides is 3. The van der Waals surface area contributed by atoms with Crippen molar-refractivity contribution in [2.75, 3.05) is 30.8 Å². The Kier molecular flexibility index (Phi) is 6.75. The van der Waals surface area contributed by atoms with Crippen LogP contribution in [0.15, 0.2) is 53.5 Å². The van der Waals surface area contributed by atoms with Gasteiger partial charge in [-0.25, -0.2) is 0 Å². The summed E-state index contributed by atoms with van der Waals surface area (Å²) in [5.41, 5.74) is 1.64. The Labute approximate surface area is 190 Å². The third kappa shape index (κ3) is 5.28. The first-order valence-corrected chi connectivity index (χ1v) is 11.3. The summed E-state index contributed by atoms with van der Waals surface area (Å²) in [5.74, 6) is -0.132. The molecule has 2 aliphatic rings. The van der Waals surface area contributed by atoms with E-state index < -0.39 is 5.25 Å². The molecule has 0 bridgehead atoms. The minimum Gasteiger partial charge on any atom is -0.497 e. The van der Waals surface area contributed by atoms with E-state index in [1.165, 1.54) is 11.8 Å². The summed E-state index contributed by atoms with van der Waals surface area (Å²) < 4.78 is 5.16. The van der Waals surface area contributed by atoms with Gasteiger partial charge < -0.3 is 20.3 Å². The maximum Gasteiger partial charge on any atom is 0.262 e. The number of ether oxygens (including phenoxy) is 1. The van der Waals surface area contributed by atoms with Gasteiger partial charge in [0.25, 0.3) is 11.8 Å². The van der Waals surface area contributed by atoms with E-state index in [1.807, 2.05) is 0 Å². The minimum absolute atomic E-state index is 0.0580. The molecule has 4 rings (SSSR count). The second-order valence-electron chi connectivity index (χ2n) is 7.55. The monoisotopic (exact) mass is 452 g/mol. The maximum absolute atomic E-state index is 12.5. The van der Waals surface area contributed by atoms with Crippen LogP contribution in [-0.4, -0.2) is 53.2 Å². The van der Waals surface area contributed by atoms with Crippen LogP contribution in [0.3, 0.4) is 0 Å². The van der Waals surface area contributed by atoms with Crippen LogP contribution in [0.25, 0.3) is 0 Å². The summed E-state index contributed by atoms with van der Waals surface area (Å²) in [6.45, 7) is 1.82. The van der Waals surface area contributed by atoms with E-state index in [0.29, 0.717) is 22.7 Å². The Hall–Kier alpha value is -3.33. The molecular weight excluding hydrogens is 428 g/mol. The quantitative estimate of drug-likeness (QED) is 0.697. The van der Waals surface area contributed by atoms with Crippen LogP contribution in [0.2, 0.25) is 0 Å². The molecule has 3 amide bonds. The van der Waals surface area contributed by atoms with Crippen LogP contribution in [0.1, 0.15) is 29.6 Å². The van der Waals surface area contributed by atoms with E-state index >= 15 is 0 Å². The second-order valence-corrected chi connectivity index (χ2v) is 8.72. The molecule has 2 aliphatic heterocycles. The molecule has 0 aliphatic carbocycles. The number of hydrogen-bond acceptors (Lipinski definition) is 6. The number of rotatable bonds is 6. The molecule has 0 spiro atoms. The standard InChI is InChI=1S/C23H24N4O4S/c1-31-18-6-4-5-17(13-18)25-21(29)15-7-9-16(10-8-15)24-20(28)14-19-22(30)26-23(32-19)27-11-2-3-12-27/h4-10,13,19H,2-3,11-12,14H2,1H3,(H,24,28)(H,25,29)/t19-/m0/s1. The fourth-order valence-electron chi connectivity index (χ4n) is 3.54. The predicted octanol–water partition coefficient (Wildman–Crippen LogP) is 3.37. The number of carbonyl (C=O) groups is 3. The van der Waals surface area contributed by atoms with Crippen molar-refractivity contribution in [2.24, 2.45) is 4.99 Å². The third-order valence-electron chi connectivity index (χ3n) is 5.23. The zero-order valence-corrected chi connectivity index (χ0v) is 18.5. The highest BCUT2D eigenvalue weighted by Crippen LogP contribution is 2.29. The fraction of sp³-hybridized carbons (Fsp3) is 0.304. The number of benzene rings is 2. The van der Waals surface area contributed by atoms with Crippen molar-refractivity contribution < 1.29 is 19.1 Å². The first-order valence-electron chi connectivity index (χ1n) is 10.4. The van der Waals surface area contributed by atoms with Crippen LogP contribution in [0.5, 0.6) is 5.75 Å². The number of amidine groups is 1. The lowest BCUT2D eigenvalue weighted by atomic mass is 10.1. The molecule has 166 valence electrons. The van der Waals surface area contributed by atoms with Gasteiger partial charge in [-0.2, -0.15) is 4.99 Å². The summed E-state index contributed by atoms with van der Waals surface area (Å²) in [5, 5.41) is 5.84. The molecule has 0 unspecified atom stereocenters. The third-order valence-corrected chi connectivity index (χ3v) is 6.45. The van der Waals surface area contributed by atoms with Crippen LogP contribution in [0, 0.1) is 0 Å². The van der Waals surface area contributed by atoms with Gasteiger partial charge in [0.15, 0.2) is 5.17 Å². The highest BCUT2D eigenvalue weighted by Gasteiger charge is 2.33. The number of nitrogens with one attached hydrogen (secondary N) is 2. The summed E-state index contributed by atoms with van der Waals surface area (Å²) in [6.07, 6.45) is 2.27. The smallest absolute Gasteiger partial charge is 0.262 e. The van der Waals surface area contributed by atoms with Crippen molar-refractivity contribution in [1.82, 2.24) is 4.90 Å². The molecule has 8 nitrogen and oxygen atoms in total. The highest BCUT2D eigenvalue weighted by molar-refractivity contribution is 8.15. The van der Waals surface area contributed by atoms with E-state index in [4.69, 9.17) is 4.74 Å². The summed E-state index contributed by atoms with van der Waals surface area (Å²) in [6, 6.07) is 13.7. The Bertz CT molecular complexity index is 1050. The summed E-state index contributed by atoms with van der Waals surface area (Å²) in [4.78, 5) is 43.3. The van der Waals surface area contributed by atoms with Crippen LogP contribution in [-0.2, 0) is 9.59 Å².